The summed E-state index contributed by atoms with van der Waals surface area (Å²) in [5.41, 5.74) is 2.07. The van der Waals surface area contributed by atoms with E-state index in [1.165, 1.54) is 0 Å². The van der Waals surface area contributed by atoms with E-state index in [9.17, 15) is 9.59 Å². The van der Waals surface area contributed by atoms with Crippen molar-refractivity contribution in [3.05, 3.63) is 94.8 Å². The third-order valence-electron chi connectivity index (χ3n) is 4.07. The van der Waals surface area contributed by atoms with Gasteiger partial charge < -0.3 is 10.3 Å². The van der Waals surface area contributed by atoms with E-state index in [2.05, 4.69) is 15.3 Å². The topological polar surface area (TPSA) is 74.8 Å². The molecule has 0 saturated heterocycles. The number of para-hydroxylation sites is 2. The molecule has 26 heavy (non-hydrogen) atoms. The number of carbonyl (C=O) groups excluding carboxylic acids is 1. The summed E-state index contributed by atoms with van der Waals surface area (Å²) in [5, 5.41) is 3.38. The number of fused-ring (bicyclic) bond motifs is 1. The number of nitrogens with one attached hydrogen (secondary N) is 2. The molecule has 0 saturated carbocycles. The van der Waals surface area contributed by atoms with Gasteiger partial charge in [0.2, 0.25) is 0 Å². The number of hydrogen-bond acceptors (Lipinski definition) is 3. The maximum atomic E-state index is 12.7. The molecule has 0 radical (unpaired) electrons. The molecule has 4 aromatic rings. The minimum atomic E-state index is -0.261. The number of benzene rings is 3. The van der Waals surface area contributed by atoms with Gasteiger partial charge in [-0.15, -0.1) is 0 Å². The molecular weight excluding hydrogens is 326 g/mol. The van der Waals surface area contributed by atoms with Crippen molar-refractivity contribution in [3.8, 4) is 11.4 Å². The summed E-state index contributed by atoms with van der Waals surface area (Å²) in [6.45, 7) is 0. The Kier molecular flexibility index (Phi) is 4.03. The predicted octanol–water partition coefficient (Wildman–Crippen LogP) is 3.84. The first-order chi connectivity index (χ1) is 12.7. The van der Waals surface area contributed by atoms with Crippen LogP contribution in [0.4, 0.5) is 5.69 Å². The molecule has 1 amide bonds. The van der Waals surface area contributed by atoms with E-state index in [0.717, 1.165) is 0 Å². The summed E-state index contributed by atoms with van der Waals surface area (Å²) in [6.07, 6.45) is 0. The number of hydrogen-bond donors (Lipinski definition) is 2. The molecule has 0 atom stereocenters. The summed E-state index contributed by atoms with van der Waals surface area (Å²) in [6, 6.07) is 23.4. The van der Waals surface area contributed by atoms with Gasteiger partial charge in [-0.05, 0) is 30.3 Å². The quantitative estimate of drug-likeness (QED) is 0.594. The van der Waals surface area contributed by atoms with E-state index in [-0.39, 0.29) is 11.5 Å². The first kappa shape index (κ1) is 15.8. The Morgan fingerprint density at radius 2 is 1.54 bits per heavy atom. The van der Waals surface area contributed by atoms with Crippen molar-refractivity contribution in [1.29, 1.82) is 0 Å². The molecule has 1 aromatic heterocycles. The minimum Gasteiger partial charge on any atom is -0.322 e. The summed E-state index contributed by atoms with van der Waals surface area (Å²) in [7, 11) is 0. The molecule has 0 unspecified atom stereocenters. The van der Waals surface area contributed by atoms with Crippen LogP contribution in [0.5, 0.6) is 0 Å². The van der Waals surface area contributed by atoms with Crippen LogP contribution in [0.2, 0.25) is 0 Å². The fourth-order valence-corrected chi connectivity index (χ4v) is 2.82. The predicted molar refractivity (Wildman–Crippen MR) is 102 cm³/mol. The second-order valence-electron chi connectivity index (χ2n) is 5.80. The van der Waals surface area contributed by atoms with E-state index in [4.69, 9.17) is 0 Å². The highest BCUT2D eigenvalue weighted by atomic mass is 16.1. The number of H-pyrrole nitrogens is 1. The molecule has 0 aliphatic rings. The van der Waals surface area contributed by atoms with E-state index in [1.807, 2.05) is 42.5 Å². The number of carbonyl (C=O) groups is 1. The molecule has 5 nitrogen and oxygen atoms in total. The van der Waals surface area contributed by atoms with Gasteiger partial charge in [0, 0.05) is 11.3 Å². The molecule has 1 heterocycles. The second-order valence-corrected chi connectivity index (χ2v) is 5.80. The van der Waals surface area contributed by atoms with Gasteiger partial charge in [-0.2, -0.15) is 0 Å². The Bertz CT molecular complexity index is 1150. The van der Waals surface area contributed by atoms with Crippen LogP contribution in [0.15, 0.2) is 83.7 Å². The highest BCUT2D eigenvalue weighted by Gasteiger charge is 2.15. The summed E-state index contributed by atoms with van der Waals surface area (Å²) in [4.78, 5) is 32.4. The van der Waals surface area contributed by atoms with Gasteiger partial charge in [0.25, 0.3) is 11.5 Å². The molecule has 0 spiro atoms. The van der Waals surface area contributed by atoms with Crippen LogP contribution < -0.4 is 10.9 Å². The standard InChI is InChI=1S/C21H15N3O2/c25-20(22-14-8-2-1-3-9-14)16-11-5-4-10-15(16)19-23-18-13-7-6-12-17(18)21(26)24-19/h1-13H,(H,22,25)(H,23,24,26). The van der Waals surface area contributed by atoms with E-state index >= 15 is 0 Å². The van der Waals surface area contributed by atoms with Crippen LogP contribution in [-0.2, 0) is 0 Å². The minimum absolute atomic E-state index is 0.233. The lowest BCUT2D eigenvalue weighted by atomic mass is 10.1. The maximum Gasteiger partial charge on any atom is 0.259 e. The smallest absolute Gasteiger partial charge is 0.259 e. The molecule has 0 aliphatic carbocycles. The zero-order valence-corrected chi connectivity index (χ0v) is 13.8. The zero-order chi connectivity index (χ0) is 17.9. The molecule has 0 fully saturated rings. The zero-order valence-electron chi connectivity index (χ0n) is 13.8. The van der Waals surface area contributed by atoms with Gasteiger partial charge >= 0.3 is 0 Å². The summed E-state index contributed by atoms with van der Waals surface area (Å²) < 4.78 is 0. The lowest BCUT2D eigenvalue weighted by Crippen LogP contribution is -2.15. The van der Waals surface area contributed by atoms with E-state index in [0.29, 0.717) is 33.5 Å². The molecule has 4 rings (SSSR count). The molecule has 0 aliphatic heterocycles. The van der Waals surface area contributed by atoms with Crippen molar-refractivity contribution in [2.24, 2.45) is 0 Å². The third kappa shape index (κ3) is 2.98. The molecule has 0 bridgehead atoms. The van der Waals surface area contributed by atoms with Crippen LogP contribution in [0.1, 0.15) is 10.4 Å². The normalized spacial score (nSPS) is 10.6. The number of amides is 1. The SMILES string of the molecule is O=C(Nc1ccccc1)c1ccccc1-c1nc2ccccc2c(=O)[nH]1. The fourth-order valence-electron chi connectivity index (χ4n) is 2.82. The molecule has 2 N–H and O–H groups in total. The first-order valence-corrected chi connectivity index (χ1v) is 8.17. The Morgan fingerprint density at radius 1 is 0.846 bits per heavy atom. The van der Waals surface area contributed by atoms with Crippen molar-refractivity contribution < 1.29 is 4.79 Å². The largest absolute Gasteiger partial charge is 0.322 e. The van der Waals surface area contributed by atoms with Crippen LogP contribution >= 0.6 is 0 Å². The number of aromatic amines is 1. The van der Waals surface area contributed by atoms with Crippen LogP contribution in [-0.4, -0.2) is 15.9 Å². The number of rotatable bonds is 3. The number of aromatic nitrogens is 2. The van der Waals surface area contributed by atoms with Crippen molar-refractivity contribution in [3.63, 3.8) is 0 Å². The molecule has 126 valence electrons. The van der Waals surface area contributed by atoms with Gasteiger partial charge in [-0.25, -0.2) is 4.98 Å². The van der Waals surface area contributed by atoms with Crippen LogP contribution in [0.3, 0.4) is 0 Å². The van der Waals surface area contributed by atoms with Crippen molar-refractivity contribution >= 4 is 22.5 Å². The lowest BCUT2D eigenvalue weighted by molar-refractivity contribution is 0.102. The average Bonchev–Trinajstić information content (AvgIpc) is 2.69. The third-order valence-corrected chi connectivity index (χ3v) is 4.07. The lowest BCUT2D eigenvalue weighted by Gasteiger charge is -2.10. The van der Waals surface area contributed by atoms with Crippen molar-refractivity contribution in [2.45, 2.75) is 0 Å². The van der Waals surface area contributed by atoms with Crippen LogP contribution in [0.25, 0.3) is 22.3 Å². The second kappa shape index (κ2) is 6.64. The first-order valence-electron chi connectivity index (χ1n) is 8.17. The fraction of sp³-hybridized carbons (Fsp3) is 0. The van der Waals surface area contributed by atoms with Gasteiger partial charge in [-0.3, -0.25) is 9.59 Å². The van der Waals surface area contributed by atoms with Crippen molar-refractivity contribution in [1.82, 2.24) is 9.97 Å². The van der Waals surface area contributed by atoms with Crippen LogP contribution in [0, 0.1) is 0 Å². The van der Waals surface area contributed by atoms with Gasteiger partial charge in [0.05, 0.1) is 16.5 Å². The highest BCUT2D eigenvalue weighted by Crippen LogP contribution is 2.22. The molecule has 5 heteroatoms. The van der Waals surface area contributed by atoms with Gasteiger partial charge in [0.15, 0.2) is 0 Å². The molecule has 3 aromatic carbocycles. The summed E-state index contributed by atoms with van der Waals surface area (Å²) >= 11 is 0. The van der Waals surface area contributed by atoms with E-state index < -0.39 is 0 Å². The van der Waals surface area contributed by atoms with E-state index in [1.54, 1.807) is 36.4 Å². The average molecular weight is 341 g/mol. The molecular formula is C21H15N3O2. The monoisotopic (exact) mass is 341 g/mol. The highest BCUT2D eigenvalue weighted by molar-refractivity contribution is 6.08. The Labute approximate surface area is 149 Å². The Hall–Kier alpha value is -3.73. The Morgan fingerprint density at radius 3 is 2.38 bits per heavy atom. The van der Waals surface area contributed by atoms with Crippen molar-refractivity contribution in [2.75, 3.05) is 5.32 Å². The van der Waals surface area contributed by atoms with Gasteiger partial charge in [-0.1, -0.05) is 48.5 Å². The number of nitrogens with zero attached hydrogens (tertiary/aromatic N) is 1. The summed E-state index contributed by atoms with van der Waals surface area (Å²) in [5.74, 6) is 0.107. The Balaban J connectivity index is 1.79. The van der Waals surface area contributed by atoms with Gasteiger partial charge in [0.1, 0.15) is 5.82 Å². The number of anilines is 1. The maximum absolute atomic E-state index is 12.7.